The highest BCUT2D eigenvalue weighted by Crippen LogP contribution is 2.31. The Morgan fingerprint density at radius 3 is 2.67 bits per heavy atom. The highest BCUT2D eigenvalue weighted by atomic mass is 16.3. The van der Waals surface area contributed by atoms with Crippen molar-refractivity contribution in [3.05, 3.63) is 0 Å². The lowest BCUT2D eigenvalue weighted by Crippen LogP contribution is -2.48. The summed E-state index contributed by atoms with van der Waals surface area (Å²) in [5, 5.41) is 17.2. The van der Waals surface area contributed by atoms with Crippen molar-refractivity contribution in [2.75, 3.05) is 13.1 Å². The normalized spacial score (nSPS) is 35.0. The van der Waals surface area contributed by atoms with E-state index in [4.69, 9.17) is 0 Å². The fourth-order valence-corrected chi connectivity index (χ4v) is 3.48. The van der Waals surface area contributed by atoms with Gasteiger partial charge in [0, 0.05) is 18.6 Å². The van der Waals surface area contributed by atoms with Crippen LogP contribution in [0.2, 0.25) is 0 Å². The summed E-state index contributed by atoms with van der Waals surface area (Å²) >= 11 is 0. The van der Waals surface area contributed by atoms with E-state index in [0.717, 1.165) is 18.5 Å². The Morgan fingerprint density at radius 1 is 1.17 bits per heavy atom. The van der Waals surface area contributed by atoms with Crippen LogP contribution < -0.4 is 10.6 Å². The molecule has 1 aliphatic carbocycles. The molecule has 0 aromatic heterocycles. The maximum atomic E-state index is 9.91. The van der Waals surface area contributed by atoms with Crippen LogP contribution in [0.5, 0.6) is 0 Å². The summed E-state index contributed by atoms with van der Waals surface area (Å²) < 4.78 is 0. The summed E-state index contributed by atoms with van der Waals surface area (Å²) in [6.07, 6.45) is 7.85. The van der Waals surface area contributed by atoms with E-state index in [0.29, 0.717) is 12.0 Å². The molecule has 1 heterocycles. The Balaban J connectivity index is 1.79. The Kier molecular flexibility index (Phi) is 5.46. The van der Waals surface area contributed by atoms with Crippen molar-refractivity contribution in [2.45, 2.75) is 70.6 Å². The third kappa shape index (κ3) is 3.69. The summed E-state index contributed by atoms with van der Waals surface area (Å²) in [7, 11) is 0. The van der Waals surface area contributed by atoms with Crippen LogP contribution >= 0.6 is 0 Å². The van der Waals surface area contributed by atoms with Gasteiger partial charge in [-0.05, 0) is 44.1 Å². The molecule has 1 saturated heterocycles. The van der Waals surface area contributed by atoms with Gasteiger partial charge in [0.05, 0.1) is 6.10 Å². The van der Waals surface area contributed by atoms with Gasteiger partial charge in [0.2, 0.25) is 0 Å². The zero-order chi connectivity index (χ0) is 13.0. The molecule has 4 unspecified atom stereocenters. The SMILES string of the molecule is CC(C)C(O)CNC1CCCC1C1CCCCN1. The van der Waals surface area contributed by atoms with Crippen LogP contribution in [-0.2, 0) is 0 Å². The summed E-state index contributed by atoms with van der Waals surface area (Å²) in [5.41, 5.74) is 0. The molecule has 1 saturated carbocycles. The number of piperidine rings is 1. The molecule has 0 aromatic carbocycles. The number of nitrogens with one attached hydrogen (secondary N) is 2. The standard InChI is InChI=1S/C15H30N2O/c1-11(2)15(18)10-17-14-8-5-6-12(14)13-7-3-4-9-16-13/h11-18H,3-10H2,1-2H3. The summed E-state index contributed by atoms with van der Waals surface area (Å²) in [5.74, 6) is 1.13. The molecule has 0 spiro atoms. The predicted molar refractivity (Wildman–Crippen MR) is 75.6 cm³/mol. The first-order valence-electron chi connectivity index (χ1n) is 7.83. The number of rotatable bonds is 5. The molecule has 2 rings (SSSR count). The van der Waals surface area contributed by atoms with Gasteiger partial charge in [-0.1, -0.05) is 26.7 Å². The lowest BCUT2D eigenvalue weighted by molar-refractivity contribution is 0.115. The minimum absolute atomic E-state index is 0.203. The van der Waals surface area contributed by atoms with Crippen molar-refractivity contribution < 1.29 is 5.11 Å². The van der Waals surface area contributed by atoms with Gasteiger partial charge in [-0.2, -0.15) is 0 Å². The van der Waals surface area contributed by atoms with Crippen LogP contribution in [0.3, 0.4) is 0 Å². The lowest BCUT2D eigenvalue weighted by atomic mass is 9.88. The first-order chi connectivity index (χ1) is 8.68. The van der Waals surface area contributed by atoms with Crippen molar-refractivity contribution in [3.8, 4) is 0 Å². The Labute approximate surface area is 112 Å². The summed E-state index contributed by atoms with van der Waals surface area (Å²) in [4.78, 5) is 0. The molecule has 0 bridgehead atoms. The van der Waals surface area contributed by atoms with Gasteiger partial charge in [0.15, 0.2) is 0 Å². The molecule has 4 atom stereocenters. The molecule has 18 heavy (non-hydrogen) atoms. The second-order valence-corrected chi connectivity index (χ2v) is 6.48. The van der Waals surface area contributed by atoms with E-state index in [1.807, 2.05) is 0 Å². The second-order valence-electron chi connectivity index (χ2n) is 6.48. The first-order valence-corrected chi connectivity index (χ1v) is 7.83. The number of aliphatic hydroxyl groups is 1. The molecule has 0 aromatic rings. The second kappa shape index (κ2) is 6.88. The van der Waals surface area contributed by atoms with E-state index in [2.05, 4.69) is 24.5 Å². The predicted octanol–water partition coefficient (Wildman–Crippen LogP) is 1.90. The van der Waals surface area contributed by atoms with Gasteiger partial charge in [-0.3, -0.25) is 0 Å². The molecular formula is C15H30N2O. The van der Waals surface area contributed by atoms with Gasteiger partial charge in [-0.25, -0.2) is 0 Å². The maximum absolute atomic E-state index is 9.91. The monoisotopic (exact) mass is 254 g/mol. The van der Waals surface area contributed by atoms with Crippen LogP contribution in [-0.4, -0.2) is 36.4 Å². The molecule has 2 aliphatic rings. The van der Waals surface area contributed by atoms with Crippen LogP contribution in [0.15, 0.2) is 0 Å². The molecule has 2 fully saturated rings. The number of hydrogen-bond acceptors (Lipinski definition) is 3. The van der Waals surface area contributed by atoms with Crippen molar-refractivity contribution in [2.24, 2.45) is 11.8 Å². The number of aliphatic hydroxyl groups excluding tert-OH is 1. The van der Waals surface area contributed by atoms with Gasteiger partial charge in [-0.15, -0.1) is 0 Å². The van der Waals surface area contributed by atoms with Crippen LogP contribution in [0.1, 0.15) is 52.4 Å². The van der Waals surface area contributed by atoms with E-state index in [1.54, 1.807) is 0 Å². The fourth-order valence-electron chi connectivity index (χ4n) is 3.48. The van der Waals surface area contributed by atoms with Crippen LogP contribution in [0.4, 0.5) is 0 Å². The number of hydrogen-bond donors (Lipinski definition) is 3. The van der Waals surface area contributed by atoms with E-state index in [-0.39, 0.29) is 6.10 Å². The Hall–Kier alpha value is -0.120. The molecule has 3 nitrogen and oxygen atoms in total. The first kappa shape index (κ1) is 14.3. The summed E-state index contributed by atoms with van der Waals surface area (Å²) in [6, 6.07) is 1.34. The van der Waals surface area contributed by atoms with Crippen molar-refractivity contribution in [3.63, 3.8) is 0 Å². The highest BCUT2D eigenvalue weighted by Gasteiger charge is 2.34. The van der Waals surface area contributed by atoms with Crippen molar-refractivity contribution in [1.82, 2.24) is 10.6 Å². The molecule has 3 N–H and O–H groups in total. The van der Waals surface area contributed by atoms with E-state index < -0.39 is 0 Å². The van der Waals surface area contributed by atoms with Crippen molar-refractivity contribution in [1.29, 1.82) is 0 Å². The molecular weight excluding hydrogens is 224 g/mol. The zero-order valence-corrected chi connectivity index (χ0v) is 12.0. The van der Waals surface area contributed by atoms with Crippen LogP contribution in [0, 0.1) is 11.8 Å². The van der Waals surface area contributed by atoms with Crippen molar-refractivity contribution >= 4 is 0 Å². The van der Waals surface area contributed by atoms with Gasteiger partial charge < -0.3 is 15.7 Å². The molecule has 0 amide bonds. The third-order valence-electron chi connectivity index (χ3n) is 4.79. The Bertz CT molecular complexity index is 239. The van der Waals surface area contributed by atoms with E-state index in [1.165, 1.54) is 45.1 Å². The fraction of sp³-hybridized carbons (Fsp3) is 1.00. The topological polar surface area (TPSA) is 44.3 Å². The lowest BCUT2D eigenvalue weighted by Gasteiger charge is -2.33. The molecule has 3 heteroatoms. The minimum Gasteiger partial charge on any atom is -0.392 e. The molecule has 1 aliphatic heterocycles. The third-order valence-corrected chi connectivity index (χ3v) is 4.79. The average Bonchev–Trinajstić information content (AvgIpc) is 2.85. The minimum atomic E-state index is -0.203. The molecule has 106 valence electrons. The largest absolute Gasteiger partial charge is 0.392 e. The smallest absolute Gasteiger partial charge is 0.0687 e. The van der Waals surface area contributed by atoms with E-state index >= 15 is 0 Å². The maximum Gasteiger partial charge on any atom is 0.0687 e. The summed E-state index contributed by atoms with van der Waals surface area (Å²) in [6.45, 7) is 6.12. The Morgan fingerprint density at radius 2 is 2.00 bits per heavy atom. The highest BCUT2D eigenvalue weighted by molar-refractivity contribution is 4.92. The van der Waals surface area contributed by atoms with Gasteiger partial charge >= 0.3 is 0 Å². The van der Waals surface area contributed by atoms with Gasteiger partial charge in [0.25, 0.3) is 0 Å². The van der Waals surface area contributed by atoms with Gasteiger partial charge in [0.1, 0.15) is 0 Å². The quantitative estimate of drug-likeness (QED) is 0.702. The molecule has 0 radical (unpaired) electrons. The average molecular weight is 254 g/mol. The van der Waals surface area contributed by atoms with Crippen LogP contribution in [0.25, 0.3) is 0 Å². The van der Waals surface area contributed by atoms with E-state index in [9.17, 15) is 5.11 Å². The zero-order valence-electron chi connectivity index (χ0n) is 12.0.